The lowest BCUT2D eigenvalue weighted by Crippen LogP contribution is -2.32. The Balaban J connectivity index is 1.94. The molecule has 17 heavy (non-hydrogen) atoms. The van der Waals surface area contributed by atoms with E-state index in [1.807, 2.05) is 0 Å². The summed E-state index contributed by atoms with van der Waals surface area (Å²) in [6, 6.07) is 9.02. The summed E-state index contributed by atoms with van der Waals surface area (Å²) >= 11 is 0. The van der Waals surface area contributed by atoms with Gasteiger partial charge < -0.3 is 10.2 Å². The topological polar surface area (TPSA) is 15.3 Å². The third-order valence-corrected chi connectivity index (χ3v) is 3.80. The summed E-state index contributed by atoms with van der Waals surface area (Å²) in [6.07, 6.45) is 2.63. The first-order valence-corrected chi connectivity index (χ1v) is 6.89. The van der Waals surface area contributed by atoms with Crippen molar-refractivity contribution < 1.29 is 0 Å². The highest BCUT2D eigenvalue weighted by atomic mass is 15.1. The minimum Gasteiger partial charge on any atom is -0.385 e. The molecule has 0 atom stereocenters. The Bertz CT molecular complexity index is 323. The van der Waals surface area contributed by atoms with E-state index in [2.05, 4.69) is 48.3 Å². The molecule has 0 aromatic heterocycles. The molecule has 1 N–H and O–H groups in total. The van der Waals surface area contributed by atoms with Crippen molar-refractivity contribution in [1.82, 2.24) is 4.90 Å². The second kappa shape index (κ2) is 6.06. The second-order valence-corrected chi connectivity index (χ2v) is 4.86. The SMILES string of the molecule is CCNc1ccc(C2CCN(CC)CC2)cc1. The van der Waals surface area contributed by atoms with Crippen LogP contribution in [0.15, 0.2) is 24.3 Å². The standard InChI is InChI=1S/C15H24N2/c1-3-16-15-7-5-13(6-8-15)14-9-11-17(4-2)12-10-14/h5-8,14,16H,3-4,9-12H2,1-2H3. The Morgan fingerprint density at radius 2 is 1.76 bits per heavy atom. The molecule has 94 valence electrons. The highest BCUT2D eigenvalue weighted by molar-refractivity contribution is 5.45. The van der Waals surface area contributed by atoms with Crippen molar-refractivity contribution in [1.29, 1.82) is 0 Å². The van der Waals surface area contributed by atoms with Gasteiger partial charge in [-0.1, -0.05) is 19.1 Å². The largest absolute Gasteiger partial charge is 0.385 e. The minimum absolute atomic E-state index is 0.772. The Morgan fingerprint density at radius 1 is 1.12 bits per heavy atom. The van der Waals surface area contributed by atoms with E-state index < -0.39 is 0 Å². The minimum atomic E-state index is 0.772. The quantitative estimate of drug-likeness (QED) is 0.856. The van der Waals surface area contributed by atoms with Crippen LogP contribution in [0.25, 0.3) is 0 Å². The maximum absolute atomic E-state index is 3.35. The average molecular weight is 232 g/mol. The molecule has 1 aliphatic heterocycles. The molecule has 1 heterocycles. The molecule has 2 nitrogen and oxygen atoms in total. The molecule has 0 amide bonds. The van der Waals surface area contributed by atoms with Crippen molar-refractivity contribution in [2.45, 2.75) is 32.6 Å². The molecule has 0 unspecified atom stereocenters. The monoisotopic (exact) mass is 232 g/mol. The van der Waals surface area contributed by atoms with E-state index in [0.717, 1.165) is 12.5 Å². The van der Waals surface area contributed by atoms with Crippen molar-refractivity contribution >= 4 is 5.69 Å². The van der Waals surface area contributed by atoms with Crippen molar-refractivity contribution in [3.8, 4) is 0 Å². The summed E-state index contributed by atoms with van der Waals surface area (Å²) in [5, 5.41) is 3.35. The first-order valence-electron chi connectivity index (χ1n) is 6.89. The smallest absolute Gasteiger partial charge is 0.0340 e. The normalized spacial score (nSPS) is 18.2. The second-order valence-electron chi connectivity index (χ2n) is 4.86. The van der Waals surface area contributed by atoms with E-state index in [-0.39, 0.29) is 0 Å². The summed E-state index contributed by atoms with van der Waals surface area (Å²) < 4.78 is 0. The summed E-state index contributed by atoms with van der Waals surface area (Å²) in [4.78, 5) is 2.55. The number of nitrogens with zero attached hydrogens (tertiary/aromatic N) is 1. The van der Waals surface area contributed by atoms with E-state index in [9.17, 15) is 0 Å². The van der Waals surface area contributed by atoms with Gasteiger partial charge in [0, 0.05) is 12.2 Å². The van der Waals surface area contributed by atoms with Crippen LogP contribution in [0.2, 0.25) is 0 Å². The zero-order chi connectivity index (χ0) is 12.1. The van der Waals surface area contributed by atoms with Crippen LogP contribution in [0, 0.1) is 0 Å². The van der Waals surface area contributed by atoms with Gasteiger partial charge in [0.2, 0.25) is 0 Å². The van der Waals surface area contributed by atoms with Gasteiger partial charge in [-0.2, -0.15) is 0 Å². The van der Waals surface area contributed by atoms with E-state index in [1.54, 1.807) is 0 Å². The van der Waals surface area contributed by atoms with E-state index >= 15 is 0 Å². The lowest BCUT2D eigenvalue weighted by atomic mass is 9.89. The maximum Gasteiger partial charge on any atom is 0.0340 e. The van der Waals surface area contributed by atoms with Crippen LogP contribution in [0.1, 0.15) is 38.2 Å². The van der Waals surface area contributed by atoms with Crippen LogP contribution < -0.4 is 5.32 Å². The lowest BCUT2D eigenvalue weighted by molar-refractivity contribution is 0.222. The number of piperidine rings is 1. The van der Waals surface area contributed by atoms with Gasteiger partial charge in [0.1, 0.15) is 0 Å². The number of nitrogens with one attached hydrogen (secondary N) is 1. The van der Waals surface area contributed by atoms with Crippen LogP contribution in [-0.4, -0.2) is 31.1 Å². The van der Waals surface area contributed by atoms with Crippen molar-refractivity contribution in [3.05, 3.63) is 29.8 Å². The molecule has 0 spiro atoms. The molecule has 2 heteroatoms. The first-order chi connectivity index (χ1) is 8.33. The number of anilines is 1. The molecular weight excluding hydrogens is 208 g/mol. The van der Waals surface area contributed by atoms with Crippen molar-refractivity contribution in [3.63, 3.8) is 0 Å². The number of rotatable bonds is 4. The Kier molecular flexibility index (Phi) is 4.43. The predicted molar refractivity (Wildman–Crippen MR) is 74.7 cm³/mol. The zero-order valence-electron chi connectivity index (χ0n) is 11.1. The molecule has 0 saturated carbocycles. The van der Waals surface area contributed by atoms with Crippen molar-refractivity contribution in [2.24, 2.45) is 0 Å². The van der Waals surface area contributed by atoms with Gasteiger partial charge >= 0.3 is 0 Å². The molecule has 1 aromatic rings. The van der Waals surface area contributed by atoms with Crippen LogP contribution in [-0.2, 0) is 0 Å². The summed E-state index contributed by atoms with van der Waals surface area (Å²) in [5.74, 6) is 0.772. The number of hydrogen-bond donors (Lipinski definition) is 1. The third-order valence-electron chi connectivity index (χ3n) is 3.80. The van der Waals surface area contributed by atoms with Crippen LogP contribution >= 0.6 is 0 Å². The van der Waals surface area contributed by atoms with E-state index in [4.69, 9.17) is 0 Å². The third kappa shape index (κ3) is 3.22. The number of hydrogen-bond acceptors (Lipinski definition) is 2. The Hall–Kier alpha value is -1.02. The van der Waals surface area contributed by atoms with Gasteiger partial charge in [-0.3, -0.25) is 0 Å². The molecular formula is C15H24N2. The maximum atomic E-state index is 3.35. The average Bonchev–Trinajstić information content (AvgIpc) is 2.40. The van der Waals surface area contributed by atoms with Gasteiger partial charge in [0.15, 0.2) is 0 Å². The van der Waals surface area contributed by atoms with Crippen LogP contribution in [0.4, 0.5) is 5.69 Å². The Labute approximate surface area is 105 Å². The van der Waals surface area contributed by atoms with Gasteiger partial charge in [0.05, 0.1) is 0 Å². The predicted octanol–water partition coefficient (Wildman–Crippen LogP) is 3.32. The van der Waals surface area contributed by atoms with E-state index in [1.165, 1.54) is 43.7 Å². The molecule has 0 radical (unpaired) electrons. The van der Waals surface area contributed by atoms with Gasteiger partial charge in [0.25, 0.3) is 0 Å². The van der Waals surface area contributed by atoms with Gasteiger partial charge in [-0.05, 0) is 63.0 Å². The highest BCUT2D eigenvalue weighted by Crippen LogP contribution is 2.28. The van der Waals surface area contributed by atoms with Gasteiger partial charge in [-0.15, -0.1) is 0 Å². The van der Waals surface area contributed by atoms with Crippen LogP contribution in [0.3, 0.4) is 0 Å². The zero-order valence-corrected chi connectivity index (χ0v) is 11.1. The molecule has 1 aliphatic rings. The molecule has 1 saturated heterocycles. The molecule has 1 aromatic carbocycles. The molecule has 0 bridgehead atoms. The van der Waals surface area contributed by atoms with Crippen LogP contribution in [0.5, 0.6) is 0 Å². The fraction of sp³-hybridized carbons (Fsp3) is 0.600. The number of likely N-dealkylation sites (tertiary alicyclic amines) is 1. The fourth-order valence-electron chi connectivity index (χ4n) is 2.66. The van der Waals surface area contributed by atoms with Crippen molar-refractivity contribution in [2.75, 3.05) is 31.5 Å². The summed E-state index contributed by atoms with van der Waals surface area (Å²) in [5.41, 5.74) is 2.75. The highest BCUT2D eigenvalue weighted by Gasteiger charge is 2.19. The lowest BCUT2D eigenvalue weighted by Gasteiger charge is -2.31. The van der Waals surface area contributed by atoms with Gasteiger partial charge in [-0.25, -0.2) is 0 Å². The first kappa shape index (κ1) is 12.4. The summed E-state index contributed by atoms with van der Waals surface area (Å²) in [6.45, 7) is 9.10. The Morgan fingerprint density at radius 3 is 2.29 bits per heavy atom. The number of benzene rings is 1. The molecule has 1 fully saturated rings. The molecule has 0 aliphatic carbocycles. The fourth-order valence-corrected chi connectivity index (χ4v) is 2.66. The summed E-state index contributed by atoms with van der Waals surface area (Å²) in [7, 11) is 0. The molecule has 2 rings (SSSR count). The van der Waals surface area contributed by atoms with E-state index in [0.29, 0.717) is 0 Å².